The van der Waals surface area contributed by atoms with Crippen LogP contribution in [0.15, 0.2) is 18.2 Å². The zero-order valence-electron chi connectivity index (χ0n) is 15.0. The molecule has 1 aromatic rings. The van der Waals surface area contributed by atoms with E-state index in [1.165, 1.54) is 0 Å². The fourth-order valence-electron chi connectivity index (χ4n) is 3.85. The summed E-state index contributed by atoms with van der Waals surface area (Å²) in [6.45, 7) is 3.24. The summed E-state index contributed by atoms with van der Waals surface area (Å²) in [6, 6.07) is 5.08. The molecule has 0 aliphatic carbocycles. The van der Waals surface area contributed by atoms with Gasteiger partial charge in [-0.25, -0.2) is 0 Å². The smallest absolute Gasteiger partial charge is 0.255 e. The third-order valence-corrected chi connectivity index (χ3v) is 5.63. The summed E-state index contributed by atoms with van der Waals surface area (Å²) in [4.78, 5) is 37.6. The number of carbonyl (C=O) groups is 3. The minimum atomic E-state index is -0.588. The molecule has 2 fully saturated rings. The second-order valence-corrected chi connectivity index (χ2v) is 7.51. The molecule has 2 saturated heterocycles. The Balaban J connectivity index is 1.37. The van der Waals surface area contributed by atoms with Crippen LogP contribution in [0.2, 0.25) is 0 Å². The van der Waals surface area contributed by atoms with Gasteiger partial charge in [0.25, 0.3) is 5.91 Å². The van der Waals surface area contributed by atoms with Crippen molar-refractivity contribution >= 4 is 17.7 Å². The first-order chi connectivity index (χ1) is 13.0. The van der Waals surface area contributed by atoms with Crippen molar-refractivity contribution in [3.8, 4) is 0 Å². The normalized spacial score (nSPS) is 23.8. The highest BCUT2D eigenvalue weighted by Crippen LogP contribution is 2.28. The van der Waals surface area contributed by atoms with Crippen LogP contribution in [0.25, 0.3) is 0 Å². The zero-order valence-corrected chi connectivity index (χ0v) is 15.0. The van der Waals surface area contributed by atoms with E-state index in [0.717, 1.165) is 24.2 Å². The number of hydrogen-bond donors (Lipinski definition) is 4. The van der Waals surface area contributed by atoms with E-state index in [0.29, 0.717) is 37.5 Å². The zero-order chi connectivity index (χ0) is 19.0. The standard InChI is InChI=1S/C19H24N4O4/c24-16(13-7-21-8-13)9-20-6-11-1-2-14-12(5-11)10-23(19(14)27)15-3-4-17(25)22-18(15)26/h1-2,5,13,15-16,20-21,24H,3-4,6-10H2,(H,22,25,26). The molecule has 0 saturated carbocycles. The van der Waals surface area contributed by atoms with E-state index >= 15 is 0 Å². The van der Waals surface area contributed by atoms with Crippen molar-refractivity contribution in [3.05, 3.63) is 34.9 Å². The van der Waals surface area contributed by atoms with Crippen molar-refractivity contribution in [3.63, 3.8) is 0 Å². The summed E-state index contributed by atoms with van der Waals surface area (Å²) in [5.41, 5.74) is 2.54. The molecule has 0 bridgehead atoms. The van der Waals surface area contributed by atoms with Crippen molar-refractivity contribution in [2.24, 2.45) is 5.92 Å². The highest BCUT2D eigenvalue weighted by molar-refractivity contribution is 6.05. The van der Waals surface area contributed by atoms with Crippen LogP contribution in [0, 0.1) is 5.92 Å². The van der Waals surface area contributed by atoms with Gasteiger partial charge in [0, 0.05) is 50.6 Å². The molecule has 0 radical (unpaired) electrons. The van der Waals surface area contributed by atoms with Crippen LogP contribution in [0.5, 0.6) is 0 Å². The maximum atomic E-state index is 12.7. The van der Waals surface area contributed by atoms with Crippen LogP contribution in [-0.4, -0.2) is 59.5 Å². The second-order valence-electron chi connectivity index (χ2n) is 7.51. The minimum Gasteiger partial charge on any atom is -0.391 e. The van der Waals surface area contributed by atoms with Crippen LogP contribution in [0.4, 0.5) is 0 Å². The van der Waals surface area contributed by atoms with Crippen molar-refractivity contribution in [1.82, 2.24) is 20.9 Å². The van der Waals surface area contributed by atoms with Crippen molar-refractivity contribution in [2.45, 2.75) is 38.1 Å². The van der Waals surface area contributed by atoms with Crippen LogP contribution in [-0.2, 0) is 22.7 Å². The summed E-state index contributed by atoms with van der Waals surface area (Å²) < 4.78 is 0. The van der Waals surface area contributed by atoms with Gasteiger partial charge in [0.05, 0.1) is 6.10 Å². The lowest BCUT2D eigenvalue weighted by molar-refractivity contribution is -0.136. The molecule has 27 heavy (non-hydrogen) atoms. The number of benzene rings is 1. The number of carbonyl (C=O) groups excluding carboxylic acids is 3. The van der Waals surface area contributed by atoms with E-state index in [-0.39, 0.29) is 24.3 Å². The number of nitrogens with one attached hydrogen (secondary N) is 3. The largest absolute Gasteiger partial charge is 0.391 e. The number of fused-ring (bicyclic) bond motifs is 1. The third kappa shape index (κ3) is 3.60. The quantitative estimate of drug-likeness (QED) is 0.483. The summed E-state index contributed by atoms with van der Waals surface area (Å²) in [5.74, 6) is -0.522. The van der Waals surface area contributed by atoms with Gasteiger partial charge in [-0.05, 0) is 23.6 Å². The molecule has 4 N–H and O–H groups in total. The Morgan fingerprint density at radius 3 is 2.78 bits per heavy atom. The molecule has 3 heterocycles. The minimum absolute atomic E-state index is 0.160. The van der Waals surface area contributed by atoms with Gasteiger partial charge in [0.15, 0.2) is 0 Å². The lowest BCUT2D eigenvalue weighted by Crippen LogP contribution is -2.52. The first kappa shape index (κ1) is 18.1. The number of imide groups is 1. The molecule has 8 nitrogen and oxygen atoms in total. The van der Waals surface area contributed by atoms with E-state index in [1.807, 2.05) is 12.1 Å². The second kappa shape index (κ2) is 7.38. The summed E-state index contributed by atoms with van der Waals surface area (Å²) in [5, 5.41) is 18.8. The Bertz CT molecular complexity index is 777. The van der Waals surface area contributed by atoms with E-state index in [9.17, 15) is 19.5 Å². The number of rotatable bonds is 6. The monoisotopic (exact) mass is 372 g/mol. The van der Waals surface area contributed by atoms with Gasteiger partial charge in [-0.2, -0.15) is 0 Å². The van der Waals surface area contributed by atoms with Gasteiger partial charge in [-0.15, -0.1) is 0 Å². The molecular weight excluding hydrogens is 348 g/mol. The maximum absolute atomic E-state index is 12.7. The molecule has 2 atom stereocenters. The Kier molecular flexibility index (Phi) is 4.94. The number of piperidine rings is 1. The van der Waals surface area contributed by atoms with Gasteiger partial charge in [0.1, 0.15) is 6.04 Å². The number of amides is 3. The molecule has 144 valence electrons. The predicted octanol–water partition coefficient (Wildman–Crippen LogP) is -0.882. The van der Waals surface area contributed by atoms with E-state index in [2.05, 4.69) is 16.0 Å². The molecule has 3 amide bonds. The first-order valence-electron chi connectivity index (χ1n) is 9.39. The van der Waals surface area contributed by atoms with E-state index in [1.54, 1.807) is 11.0 Å². The van der Waals surface area contributed by atoms with Gasteiger partial charge in [0.2, 0.25) is 11.8 Å². The molecule has 0 aromatic heterocycles. The molecule has 3 aliphatic heterocycles. The Morgan fingerprint density at radius 2 is 2.07 bits per heavy atom. The van der Waals surface area contributed by atoms with Crippen molar-refractivity contribution < 1.29 is 19.5 Å². The SMILES string of the molecule is O=C1CCC(N2Cc3cc(CNCC(O)C4CNC4)ccc3C2=O)C(=O)N1. The van der Waals surface area contributed by atoms with Crippen molar-refractivity contribution in [2.75, 3.05) is 19.6 Å². The molecule has 3 aliphatic rings. The van der Waals surface area contributed by atoms with Crippen LogP contribution in [0.1, 0.15) is 34.3 Å². The Hall–Kier alpha value is -2.29. The fourth-order valence-corrected chi connectivity index (χ4v) is 3.85. The lowest BCUT2D eigenvalue weighted by atomic mass is 9.96. The number of aliphatic hydroxyl groups excluding tert-OH is 1. The summed E-state index contributed by atoms with van der Waals surface area (Å²) in [6.07, 6.45) is 0.266. The lowest BCUT2D eigenvalue weighted by Gasteiger charge is -2.31. The maximum Gasteiger partial charge on any atom is 0.255 e. The molecule has 8 heteroatoms. The van der Waals surface area contributed by atoms with Crippen LogP contribution in [0.3, 0.4) is 0 Å². The van der Waals surface area contributed by atoms with Crippen LogP contribution >= 0.6 is 0 Å². The van der Waals surface area contributed by atoms with Crippen molar-refractivity contribution in [1.29, 1.82) is 0 Å². The summed E-state index contributed by atoms with van der Waals surface area (Å²) in [7, 11) is 0. The number of nitrogens with zero attached hydrogens (tertiary/aromatic N) is 1. The van der Waals surface area contributed by atoms with Gasteiger partial charge in [-0.3, -0.25) is 19.7 Å². The average Bonchev–Trinajstić information content (AvgIpc) is 2.89. The van der Waals surface area contributed by atoms with Crippen LogP contribution < -0.4 is 16.0 Å². The fraction of sp³-hybridized carbons (Fsp3) is 0.526. The Morgan fingerprint density at radius 1 is 1.26 bits per heavy atom. The Labute approximate surface area is 157 Å². The molecule has 4 rings (SSSR count). The number of hydrogen-bond acceptors (Lipinski definition) is 6. The predicted molar refractivity (Wildman–Crippen MR) is 96.6 cm³/mol. The van der Waals surface area contributed by atoms with E-state index < -0.39 is 11.9 Å². The third-order valence-electron chi connectivity index (χ3n) is 5.63. The van der Waals surface area contributed by atoms with Gasteiger partial charge < -0.3 is 20.6 Å². The summed E-state index contributed by atoms with van der Waals surface area (Å²) >= 11 is 0. The first-order valence-corrected chi connectivity index (χ1v) is 9.39. The molecule has 1 aromatic carbocycles. The number of aliphatic hydroxyl groups is 1. The molecule has 0 spiro atoms. The van der Waals surface area contributed by atoms with Gasteiger partial charge >= 0.3 is 0 Å². The average molecular weight is 372 g/mol. The highest BCUT2D eigenvalue weighted by atomic mass is 16.3. The molecular formula is C19H24N4O4. The topological polar surface area (TPSA) is 111 Å². The highest BCUT2D eigenvalue weighted by Gasteiger charge is 2.39. The van der Waals surface area contributed by atoms with E-state index in [4.69, 9.17) is 0 Å². The molecule has 2 unspecified atom stereocenters. The van der Waals surface area contributed by atoms with Gasteiger partial charge in [-0.1, -0.05) is 12.1 Å².